The molecule has 0 saturated carbocycles. The van der Waals surface area contributed by atoms with Crippen molar-refractivity contribution in [1.82, 2.24) is 20.1 Å². The van der Waals surface area contributed by atoms with Crippen LogP contribution >= 0.6 is 0 Å². The minimum atomic E-state index is -0.499. The molecule has 1 aromatic rings. The predicted molar refractivity (Wildman–Crippen MR) is 72.7 cm³/mol. The number of carbonyl (C=O) groups is 2. The summed E-state index contributed by atoms with van der Waals surface area (Å²) in [6.07, 6.45) is 1.54. The van der Waals surface area contributed by atoms with Gasteiger partial charge in [-0.25, -0.2) is 4.98 Å². The maximum Gasteiger partial charge on any atom is 0.312 e. The Balaban J connectivity index is 1.81. The molecule has 2 aliphatic heterocycles. The first-order valence-electron chi connectivity index (χ1n) is 6.85. The summed E-state index contributed by atoms with van der Waals surface area (Å²) < 4.78 is 0. The lowest BCUT2D eigenvalue weighted by Crippen LogP contribution is -2.65. The van der Waals surface area contributed by atoms with Crippen LogP contribution in [0, 0.1) is 11.3 Å². The van der Waals surface area contributed by atoms with Crippen molar-refractivity contribution in [1.29, 1.82) is 5.26 Å². The van der Waals surface area contributed by atoms with Crippen LogP contribution in [0.4, 0.5) is 0 Å². The number of rotatable bonds is 2. The van der Waals surface area contributed by atoms with Crippen molar-refractivity contribution in [2.45, 2.75) is 12.6 Å². The van der Waals surface area contributed by atoms with Crippen LogP contribution in [0.15, 0.2) is 18.3 Å². The van der Waals surface area contributed by atoms with Crippen molar-refractivity contribution < 1.29 is 9.59 Å². The third kappa shape index (κ3) is 2.45. The Morgan fingerprint density at radius 2 is 2.29 bits per heavy atom. The molecule has 0 radical (unpaired) electrons. The van der Waals surface area contributed by atoms with Crippen LogP contribution in [-0.2, 0) is 16.1 Å². The fourth-order valence-corrected chi connectivity index (χ4v) is 2.80. The van der Waals surface area contributed by atoms with Gasteiger partial charge in [-0.3, -0.25) is 9.59 Å². The van der Waals surface area contributed by atoms with E-state index in [1.165, 1.54) is 11.1 Å². The highest BCUT2D eigenvalue weighted by Gasteiger charge is 2.40. The standard InChI is InChI=1S/C14H15N5O2/c15-6-12-10(2-1-3-17-12)8-18-9-11-7-16-4-5-19(11)14(21)13(18)20/h1-3,11,16H,4-5,7-9H2. The highest BCUT2D eigenvalue weighted by atomic mass is 16.2. The highest BCUT2D eigenvalue weighted by molar-refractivity contribution is 6.35. The molecule has 7 heteroatoms. The van der Waals surface area contributed by atoms with Gasteiger partial charge in [0.05, 0.1) is 6.04 Å². The first kappa shape index (κ1) is 13.5. The van der Waals surface area contributed by atoms with E-state index in [2.05, 4.69) is 10.3 Å². The van der Waals surface area contributed by atoms with Crippen molar-refractivity contribution in [3.8, 4) is 6.07 Å². The molecular weight excluding hydrogens is 270 g/mol. The number of nitrogens with one attached hydrogen (secondary N) is 1. The van der Waals surface area contributed by atoms with E-state index in [1.54, 1.807) is 17.0 Å². The first-order valence-corrected chi connectivity index (χ1v) is 6.85. The molecular formula is C14H15N5O2. The van der Waals surface area contributed by atoms with Gasteiger partial charge in [0.15, 0.2) is 0 Å². The fourth-order valence-electron chi connectivity index (χ4n) is 2.80. The van der Waals surface area contributed by atoms with Crippen molar-refractivity contribution in [3.05, 3.63) is 29.6 Å². The topological polar surface area (TPSA) is 89.3 Å². The number of hydrogen-bond acceptors (Lipinski definition) is 5. The zero-order chi connectivity index (χ0) is 14.8. The Labute approximate surface area is 122 Å². The molecule has 0 spiro atoms. The molecule has 0 aromatic carbocycles. The van der Waals surface area contributed by atoms with Gasteiger partial charge in [-0.1, -0.05) is 6.07 Å². The summed E-state index contributed by atoms with van der Waals surface area (Å²) in [5.74, 6) is -0.948. The van der Waals surface area contributed by atoms with Gasteiger partial charge in [-0.2, -0.15) is 5.26 Å². The molecule has 1 aromatic heterocycles. The average Bonchev–Trinajstić information content (AvgIpc) is 2.53. The Kier molecular flexibility index (Phi) is 3.54. The van der Waals surface area contributed by atoms with Gasteiger partial charge >= 0.3 is 11.8 Å². The van der Waals surface area contributed by atoms with Crippen molar-refractivity contribution in [2.24, 2.45) is 0 Å². The molecule has 108 valence electrons. The number of nitrogens with zero attached hydrogens (tertiary/aromatic N) is 4. The SMILES string of the molecule is N#Cc1ncccc1CN1CC2CNCCN2C(=O)C1=O. The lowest BCUT2D eigenvalue weighted by molar-refractivity contribution is -0.160. The second kappa shape index (κ2) is 5.50. The average molecular weight is 285 g/mol. The van der Waals surface area contributed by atoms with E-state index >= 15 is 0 Å². The van der Waals surface area contributed by atoms with E-state index in [0.29, 0.717) is 30.9 Å². The zero-order valence-electron chi connectivity index (χ0n) is 11.5. The Bertz CT molecular complexity index is 624. The van der Waals surface area contributed by atoms with Crippen molar-refractivity contribution in [2.75, 3.05) is 26.2 Å². The lowest BCUT2D eigenvalue weighted by atomic mass is 10.1. The number of piperazine rings is 2. The van der Waals surface area contributed by atoms with E-state index in [1.807, 2.05) is 6.07 Å². The lowest BCUT2D eigenvalue weighted by Gasteiger charge is -2.43. The van der Waals surface area contributed by atoms with Gasteiger partial charge in [-0.05, 0) is 6.07 Å². The van der Waals surface area contributed by atoms with Gasteiger partial charge in [0, 0.05) is 44.5 Å². The maximum absolute atomic E-state index is 12.2. The maximum atomic E-state index is 12.2. The van der Waals surface area contributed by atoms with Gasteiger partial charge in [-0.15, -0.1) is 0 Å². The Morgan fingerprint density at radius 3 is 3.10 bits per heavy atom. The number of amides is 2. The number of pyridine rings is 1. The van der Waals surface area contributed by atoms with Crippen LogP contribution in [0.3, 0.4) is 0 Å². The Hall–Kier alpha value is -2.46. The smallest absolute Gasteiger partial charge is 0.312 e. The summed E-state index contributed by atoms with van der Waals surface area (Å²) >= 11 is 0. The van der Waals surface area contributed by atoms with Crippen LogP contribution in [-0.4, -0.2) is 58.8 Å². The van der Waals surface area contributed by atoms with E-state index in [-0.39, 0.29) is 12.6 Å². The molecule has 1 atom stereocenters. The second-order valence-corrected chi connectivity index (χ2v) is 5.17. The summed E-state index contributed by atoms with van der Waals surface area (Å²) in [6, 6.07) is 5.50. The number of aromatic nitrogens is 1. The number of carbonyl (C=O) groups excluding carboxylic acids is 2. The third-order valence-corrected chi connectivity index (χ3v) is 3.87. The van der Waals surface area contributed by atoms with Gasteiger partial charge < -0.3 is 15.1 Å². The highest BCUT2D eigenvalue weighted by Crippen LogP contribution is 2.17. The second-order valence-electron chi connectivity index (χ2n) is 5.17. The minimum Gasteiger partial charge on any atom is -0.328 e. The summed E-state index contributed by atoms with van der Waals surface area (Å²) in [4.78, 5) is 31.5. The fraction of sp³-hybridized carbons (Fsp3) is 0.429. The molecule has 3 rings (SSSR count). The summed E-state index contributed by atoms with van der Waals surface area (Å²) in [5, 5.41) is 12.3. The van der Waals surface area contributed by atoms with Crippen molar-refractivity contribution in [3.63, 3.8) is 0 Å². The molecule has 7 nitrogen and oxygen atoms in total. The van der Waals surface area contributed by atoms with E-state index in [0.717, 1.165) is 6.54 Å². The first-order chi connectivity index (χ1) is 10.2. The Morgan fingerprint density at radius 1 is 1.43 bits per heavy atom. The molecule has 0 bridgehead atoms. The zero-order valence-corrected chi connectivity index (χ0v) is 11.5. The van der Waals surface area contributed by atoms with Crippen LogP contribution in [0.5, 0.6) is 0 Å². The van der Waals surface area contributed by atoms with Crippen LogP contribution in [0.2, 0.25) is 0 Å². The monoisotopic (exact) mass is 285 g/mol. The molecule has 1 N–H and O–H groups in total. The largest absolute Gasteiger partial charge is 0.328 e. The number of nitriles is 1. The molecule has 21 heavy (non-hydrogen) atoms. The van der Waals surface area contributed by atoms with E-state index in [4.69, 9.17) is 5.26 Å². The summed E-state index contributed by atoms with van der Waals surface area (Å²) in [6.45, 7) is 2.70. The van der Waals surface area contributed by atoms with Gasteiger partial charge in [0.2, 0.25) is 0 Å². The quantitative estimate of drug-likeness (QED) is 0.711. The minimum absolute atomic E-state index is 0.00570. The van der Waals surface area contributed by atoms with Crippen LogP contribution in [0.1, 0.15) is 11.3 Å². The van der Waals surface area contributed by atoms with Crippen molar-refractivity contribution >= 4 is 11.8 Å². The van der Waals surface area contributed by atoms with Crippen LogP contribution < -0.4 is 5.32 Å². The van der Waals surface area contributed by atoms with Gasteiger partial charge in [0.1, 0.15) is 11.8 Å². The number of fused-ring (bicyclic) bond motifs is 1. The molecule has 2 fully saturated rings. The molecule has 2 amide bonds. The van der Waals surface area contributed by atoms with Crippen LogP contribution in [0.25, 0.3) is 0 Å². The molecule has 3 heterocycles. The molecule has 1 unspecified atom stereocenters. The predicted octanol–water partition coefficient (Wildman–Crippen LogP) is -0.904. The van der Waals surface area contributed by atoms with Gasteiger partial charge in [0.25, 0.3) is 0 Å². The molecule has 2 saturated heterocycles. The summed E-state index contributed by atoms with van der Waals surface area (Å²) in [7, 11) is 0. The summed E-state index contributed by atoms with van der Waals surface area (Å²) in [5.41, 5.74) is 0.959. The number of hydrogen-bond donors (Lipinski definition) is 1. The normalized spacial score (nSPS) is 22.0. The molecule has 0 aliphatic carbocycles. The molecule has 2 aliphatic rings. The van der Waals surface area contributed by atoms with E-state index in [9.17, 15) is 9.59 Å². The third-order valence-electron chi connectivity index (χ3n) is 3.87. The van der Waals surface area contributed by atoms with E-state index < -0.39 is 11.8 Å².